The highest BCUT2D eigenvalue weighted by atomic mass is 32.2. The Balaban J connectivity index is 1.60. The molecule has 0 aromatic heterocycles. The summed E-state index contributed by atoms with van der Waals surface area (Å²) in [6.07, 6.45) is -0.991. The van der Waals surface area contributed by atoms with Crippen LogP contribution in [0.3, 0.4) is 0 Å². The number of hydrogen-bond donors (Lipinski definition) is 2. The van der Waals surface area contributed by atoms with Crippen LogP contribution >= 0.6 is 0 Å². The van der Waals surface area contributed by atoms with Gasteiger partial charge in [-0.3, -0.25) is 4.90 Å². The highest BCUT2D eigenvalue weighted by Gasteiger charge is 2.35. The largest absolute Gasteiger partial charge is 0.497 e. The molecule has 0 bridgehead atoms. The van der Waals surface area contributed by atoms with E-state index in [0.717, 1.165) is 18.7 Å². The number of methoxy groups -OCH3 is 1. The molecule has 0 spiro atoms. The molecule has 4 aromatic rings. The Bertz CT molecular complexity index is 1720. The number of nitrogens with one attached hydrogen (secondary N) is 1. The minimum Gasteiger partial charge on any atom is -0.497 e. The van der Waals surface area contributed by atoms with Crippen molar-refractivity contribution < 1.29 is 27.8 Å². The summed E-state index contributed by atoms with van der Waals surface area (Å²) < 4.78 is 41.0. The van der Waals surface area contributed by atoms with Gasteiger partial charge in [0.1, 0.15) is 11.4 Å². The molecule has 4 rings (SSSR count). The first-order valence-electron chi connectivity index (χ1n) is 17.8. The maximum absolute atomic E-state index is 14.4. The lowest BCUT2D eigenvalue weighted by molar-refractivity contribution is 0.0390. The van der Waals surface area contributed by atoms with Crippen molar-refractivity contribution >= 4 is 16.1 Å². The number of carbonyl (C=O) groups excluding carboxylic acids is 1. The van der Waals surface area contributed by atoms with Crippen LogP contribution in [0.2, 0.25) is 0 Å². The quantitative estimate of drug-likeness (QED) is 0.111. The molecule has 2 N–H and O–H groups in total. The first-order chi connectivity index (χ1) is 24.6. The second kappa shape index (κ2) is 18.5. The molecule has 1 amide bonds. The van der Waals surface area contributed by atoms with Crippen molar-refractivity contribution in [2.75, 3.05) is 26.7 Å². The standard InChI is InChI=1S/C42H55N3O6S/c1-41(2,3)51-40(47)43-38(28-33-16-10-7-11-17-33)39(46)31-45(52(48,49)37-24-22-36(50-6)23-25-37)32-42(4,5)26-27-44(29-34-18-12-8-13-19-34)30-35-20-14-9-15-21-35/h7-25,38-39,46H,26-32H2,1-6H3,(H,43,47)/t38-,39+/m0/s1. The third kappa shape index (κ3) is 13.1. The number of benzene rings is 4. The van der Waals surface area contributed by atoms with Crippen LogP contribution in [0.1, 0.15) is 57.7 Å². The Labute approximate surface area is 310 Å². The van der Waals surface area contributed by atoms with E-state index in [4.69, 9.17) is 9.47 Å². The zero-order valence-corrected chi connectivity index (χ0v) is 32.2. The molecule has 0 unspecified atom stereocenters. The monoisotopic (exact) mass is 729 g/mol. The maximum atomic E-state index is 14.4. The molecule has 0 saturated heterocycles. The number of rotatable bonds is 18. The van der Waals surface area contributed by atoms with Gasteiger partial charge in [0.25, 0.3) is 0 Å². The maximum Gasteiger partial charge on any atom is 0.407 e. The van der Waals surface area contributed by atoms with Gasteiger partial charge in [-0.1, -0.05) is 105 Å². The Kier molecular flexibility index (Phi) is 14.4. The molecular weight excluding hydrogens is 675 g/mol. The summed E-state index contributed by atoms with van der Waals surface area (Å²) in [6, 6.07) is 35.5. The number of aliphatic hydroxyl groups excluding tert-OH is 1. The fourth-order valence-corrected chi connectivity index (χ4v) is 7.65. The van der Waals surface area contributed by atoms with Gasteiger partial charge < -0.3 is 19.9 Å². The second-order valence-electron chi connectivity index (χ2n) is 15.1. The summed E-state index contributed by atoms with van der Waals surface area (Å²) >= 11 is 0. The average Bonchev–Trinajstić information content (AvgIpc) is 3.10. The predicted octanol–water partition coefficient (Wildman–Crippen LogP) is 7.30. The van der Waals surface area contributed by atoms with E-state index in [1.165, 1.54) is 34.7 Å². The van der Waals surface area contributed by atoms with Crippen molar-refractivity contribution in [3.8, 4) is 5.75 Å². The molecule has 0 radical (unpaired) electrons. The van der Waals surface area contributed by atoms with Gasteiger partial charge in [-0.05, 0) is 86.5 Å². The number of sulfonamides is 1. The molecular formula is C42H55N3O6S. The lowest BCUT2D eigenvalue weighted by Crippen LogP contribution is -2.52. The number of carbonyl (C=O) groups is 1. The molecule has 52 heavy (non-hydrogen) atoms. The van der Waals surface area contributed by atoms with Crippen LogP contribution in [0, 0.1) is 5.41 Å². The average molecular weight is 730 g/mol. The topological polar surface area (TPSA) is 108 Å². The molecule has 9 nitrogen and oxygen atoms in total. The van der Waals surface area contributed by atoms with Crippen LogP contribution < -0.4 is 10.1 Å². The molecule has 2 atom stereocenters. The van der Waals surface area contributed by atoms with Crippen LogP contribution in [0.4, 0.5) is 4.79 Å². The van der Waals surface area contributed by atoms with Gasteiger partial charge in [-0.2, -0.15) is 4.31 Å². The molecule has 0 saturated carbocycles. The number of aliphatic hydroxyl groups is 1. The fourth-order valence-electron chi connectivity index (χ4n) is 6.01. The minimum atomic E-state index is -4.09. The second-order valence-corrected chi connectivity index (χ2v) is 17.0. The van der Waals surface area contributed by atoms with Crippen LogP contribution in [0.25, 0.3) is 0 Å². The number of nitrogens with zero attached hydrogens (tertiary/aromatic N) is 2. The number of amides is 1. The van der Waals surface area contributed by atoms with E-state index in [9.17, 15) is 18.3 Å². The van der Waals surface area contributed by atoms with E-state index >= 15 is 0 Å². The zero-order valence-electron chi connectivity index (χ0n) is 31.4. The van der Waals surface area contributed by atoms with E-state index < -0.39 is 39.3 Å². The third-order valence-corrected chi connectivity index (χ3v) is 10.6. The normalized spacial score (nSPS) is 13.5. The van der Waals surface area contributed by atoms with E-state index in [1.807, 2.05) is 66.7 Å². The number of ether oxygens (including phenoxy) is 2. The van der Waals surface area contributed by atoms with Crippen molar-refractivity contribution in [3.63, 3.8) is 0 Å². The van der Waals surface area contributed by atoms with Crippen molar-refractivity contribution in [3.05, 3.63) is 132 Å². The van der Waals surface area contributed by atoms with Gasteiger partial charge in [0.15, 0.2) is 0 Å². The summed E-state index contributed by atoms with van der Waals surface area (Å²) in [5.41, 5.74) is 2.02. The summed E-state index contributed by atoms with van der Waals surface area (Å²) in [6.45, 7) is 11.5. The minimum absolute atomic E-state index is 0.0887. The molecule has 0 aliphatic heterocycles. The van der Waals surface area contributed by atoms with E-state index in [2.05, 4.69) is 48.3 Å². The van der Waals surface area contributed by atoms with Crippen LogP contribution in [0.15, 0.2) is 120 Å². The van der Waals surface area contributed by atoms with Crippen molar-refractivity contribution in [1.29, 1.82) is 0 Å². The van der Waals surface area contributed by atoms with Crippen LogP contribution in [-0.2, 0) is 34.3 Å². The van der Waals surface area contributed by atoms with Gasteiger partial charge in [-0.15, -0.1) is 0 Å². The summed E-state index contributed by atoms with van der Waals surface area (Å²) in [5.74, 6) is 0.535. The Morgan fingerprint density at radius 2 is 1.27 bits per heavy atom. The van der Waals surface area contributed by atoms with Crippen LogP contribution in [-0.4, -0.2) is 73.3 Å². The van der Waals surface area contributed by atoms with Gasteiger partial charge in [0.05, 0.1) is 24.2 Å². The first kappa shape index (κ1) is 40.5. The number of hydrogen-bond acceptors (Lipinski definition) is 7. The molecule has 10 heteroatoms. The van der Waals surface area contributed by atoms with Crippen molar-refractivity contribution in [2.24, 2.45) is 5.41 Å². The van der Waals surface area contributed by atoms with Crippen LogP contribution in [0.5, 0.6) is 5.75 Å². The van der Waals surface area contributed by atoms with Crippen molar-refractivity contribution in [1.82, 2.24) is 14.5 Å². The van der Waals surface area contributed by atoms with Crippen molar-refractivity contribution in [2.45, 2.75) is 83.2 Å². The summed E-state index contributed by atoms with van der Waals surface area (Å²) in [7, 11) is -2.57. The molecule has 0 aliphatic rings. The van der Waals surface area contributed by atoms with Gasteiger partial charge in [-0.25, -0.2) is 13.2 Å². The molecule has 280 valence electrons. The van der Waals surface area contributed by atoms with E-state index in [-0.39, 0.29) is 24.4 Å². The zero-order chi connectivity index (χ0) is 37.8. The van der Waals surface area contributed by atoms with Gasteiger partial charge in [0, 0.05) is 26.2 Å². The van der Waals surface area contributed by atoms with Gasteiger partial charge >= 0.3 is 6.09 Å². The lowest BCUT2D eigenvalue weighted by Gasteiger charge is -2.36. The molecule has 4 aromatic carbocycles. The lowest BCUT2D eigenvalue weighted by atomic mass is 9.88. The molecule has 0 heterocycles. The van der Waals surface area contributed by atoms with E-state index in [1.54, 1.807) is 32.9 Å². The summed E-state index contributed by atoms with van der Waals surface area (Å²) in [5, 5.41) is 14.6. The Hall–Kier alpha value is -4.22. The SMILES string of the molecule is COc1ccc(S(=O)(=O)N(C[C@@H](O)[C@H](Cc2ccccc2)NC(=O)OC(C)(C)C)CC(C)(C)CCN(Cc2ccccc2)Cc2ccccc2)cc1. The molecule has 0 aliphatic carbocycles. The number of alkyl carbamates (subject to hydrolysis) is 1. The predicted molar refractivity (Wildman–Crippen MR) is 206 cm³/mol. The highest BCUT2D eigenvalue weighted by molar-refractivity contribution is 7.89. The fraction of sp³-hybridized carbons (Fsp3) is 0.405. The first-order valence-corrected chi connectivity index (χ1v) is 19.2. The third-order valence-electron chi connectivity index (χ3n) is 8.76. The Morgan fingerprint density at radius 3 is 1.75 bits per heavy atom. The van der Waals surface area contributed by atoms with E-state index in [0.29, 0.717) is 18.7 Å². The molecule has 0 fully saturated rings. The highest BCUT2D eigenvalue weighted by Crippen LogP contribution is 2.29. The summed E-state index contributed by atoms with van der Waals surface area (Å²) in [4.78, 5) is 15.4. The Morgan fingerprint density at radius 1 is 0.769 bits per heavy atom. The van der Waals surface area contributed by atoms with Gasteiger partial charge in [0.2, 0.25) is 10.0 Å². The smallest absolute Gasteiger partial charge is 0.407 e.